The average Bonchev–Trinajstić information content (AvgIpc) is 2.35. The molecule has 0 fully saturated rings. The monoisotopic (exact) mass is 255 g/mol. The number of hydrogen-bond donors (Lipinski definition) is 1. The normalized spacial score (nSPS) is 14.1. The van der Waals surface area contributed by atoms with Crippen molar-refractivity contribution in [2.75, 3.05) is 13.7 Å². The third-order valence-electron chi connectivity index (χ3n) is 2.83. The molecule has 17 heavy (non-hydrogen) atoms. The fraction of sp³-hybridized carbons (Fsp3) is 0.462. The molecule has 0 aliphatic carbocycles. The summed E-state index contributed by atoms with van der Waals surface area (Å²) in [4.78, 5) is 11.3. The van der Waals surface area contributed by atoms with Crippen molar-refractivity contribution < 1.29 is 9.53 Å². The minimum atomic E-state index is -0.560. The minimum absolute atomic E-state index is 0.00954. The van der Waals surface area contributed by atoms with Crippen LogP contribution in [0.1, 0.15) is 25.8 Å². The number of amides is 1. The smallest absolute Gasteiger partial charge is 0.219 e. The van der Waals surface area contributed by atoms with Crippen LogP contribution in [0.5, 0.6) is 0 Å². The van der Waals surface area contributed by atoms with E-state index in [-0.39, 0.29) is 5.91 Å². The number of ether oxygens (including phenoxy) is 1. The molecular weight excluding hydrogens is 238 g/mol. The van der Waals surface area contributed by atoms with Crippen LogP contribution in [0.4, 0.5) is 0 Å². The summed E-state index contributed by atoms with van der Waals surface area (Å²) in [5.74, 6) is 0.00954. The van der Waals surface area contributed by atoms with Gasteiger partial charge >= 0.3 is 0 Å². The van der Waals surface area contributed by atoms with E-state index < -0.39 is 5.60 Å². The molecule has 0 bridgehead atoms. The van der Waals surface area contributed by atoms with Crippen molar-refractivity contribution in [3.8, 4) is 0 Å². The summed E-state index contributed by atoms with van der Waals surface area (Å²) < 4.78 is 5.50. The highest BCUT2D eigenvalue weighted by Crippen LogP contribution is 2.26. The SMILES string of the molecule is CCC(=O)NC[C@](C)(OC)c1cccc(Cl)c1. The Labute approximate surface area is 107 Å². The number of nitrogens with one attached hydrogen (secondary N) is 1. The van der Waals surface area contributed by atoms with Crippen molar-refractivity contribution in [2.24, 2.45) is 0 Å². The van der Waals surface area contributed by atoms with Gasteiger partial charge in [0.05, 0.1) is 6.54 Å². The van der Waals surface area contributed by atoms with Gasteiger partial charge in [-0.15, -0.1) is 0 Å². The van der Waals surface area contributed by atoms with Crippen LogP contribution in [0, 0.1) is 0 Å². The molecule has 0 spiro atoms. The Morgan fingerprint density at radius 2 is 2.24 bits per heavy atom. The number of rotatable bonds is 5. The lowest BCUT2D eigenvalue weighted by molar-refractivity contribution is -0.122. The maximum Gasteiger partial charge on any atom is 0.219 e. The molecule has 1 aromatic rings. The van der Waals surface area contributed by atoms with Gasteiger partial charge in [0.1, 0.15) is 5.60 Å². The number of benzene rings is 1. The van der Waals surface area contributed by atoms with E-state index in [1.54, 1.807) is 7.11 Å². The first kappa shape index (κ1) is 14.0. The largest absolute Gasteiger partial charge is 0.372 e. The average molecular weight is 256 g/mol. The van der Waals surface area contributed by atoms with Gasteiger partial charge in [0.2, 0.25) is 5.91 Å². The zero-order valence-electron chi connectivity index (χ0n) is 10.4. The van der Waals surface area contributed by atoms with Crippen LogP contribution in [0.3, 0.4) is 0 Å². The zero-order valence-corrected chi connectivity index (χ0v) is 11.2. The summed E-state index contributed by atoms with van der Waals surface area (Å²) in [6.07, 6.45) is 0.468. The molecule has 0 saturated carbocycles. The molecule has 1 N–H and O–H groups in total. The van der Waals surface area contributed by atoms with E-state index >= 15 is 0 Å². The molecule has 0 saturated heterocycles. The highest BCUT2D eigenvalue weighted by Gasteiger charge is 2.26. The first-order chi connectivity index (χ1) is 8.01. The highest BCUT2D eigenvalue weighted by atomic mass is 35.5. The third kappa shape index (κ3) is 3.72. The number of halogens is 1. The van der Waals surface area contributed by atoms with Crippen LogP contribution in [0.2, 0.25) is 5.02 Å². The van der Waals surface area contributed by atoms with E-state index in [0.717, 1.165) is 5.56 Å². The third-order valence-corrected chi connectivity index (χ3v) is 3.06. The molecule has 0 aliphatic heterocycles. The number of carbonyl (C=O) groups excluding carboxylic acids is 1. The van der Waals surface area contributed by atoms with E-state index in [0.29, 0.717) is 18.0 Å². The molecule has 3 nitrogen and oxygen atoms in total. The summed E-state index contributed by atoms with van der Waals surface area (Å²) in [6.45, 7) is 4.17. The second-order valence-electron chi connectivity index (χ2n) is 4.08. The van der Waals surface area contributed by atoms with Gasteiger partial charge in [-0.3, -0.25) is 4.79 Å². The van der Waals surface area contributed by atoms with Crippen LogP contribution in [-0.4, -0.2) is 19.6 Å². The molecule has 0 aliphatic rings. The molecule has 1 atom stereocenters. The van der Waals surface area contributed by atoms with E-state index in [1.807, 2.05) is 38.1 Å². The van der Waals surface area contributed by atoms with Gasteiger partial charge in [0.15, 0.2) is 0 Å². The standard InChI is InChI=1S/C13H18ClNO2/c1-4-12(16)15-9-13(2,17-3)10-6-5-7-11(14)8-10/h5-8H,4,9H2,1-3H3,(H,15,16)/t13-/m0/s1. The summed E-state index contributed by atoms with van der Waals surface area (Å²) in [7, 11) is 1.62. The molecule has 0 heterocycles. The Morgan fingerprint density at radius 1 is 1.53 bits per heavy atom. The predicted octanol–water partition coefficient (Wildman–Crippen LogP) is 2.73. The Hall–Kier alpha value is -1.06. The van der Waals surface area contributed by atoms with Crippen molar-refractivity contribution in [3.63, 3.8) is 0 Å². The fourth-order valence-electron chi connectivity index (χ4n) is 1.50. The number of carbonyl (C=O) groups is 1. The van der Waals surface area contributed by atoms with E-state index in [1.165, 1.54) is 0 Å². The van der Waals surface area contributed by atoms with Crippen LogP contribution in [-0.2, 0) is 15.1 Å². The van der Waals surface area contributed by atoms with E-state index in [9.17, 15) is 4.79 Å². The summed E-state index contributed by atoms with van der Waals surface area (Å²) in [5.41, 5.74) is 0.388. The van der Waals surface area contributed by atoms with Crippen molar-refractivity contribution in [2.45, 2.75) is 25.9 Å². The molecule has 1 rings (SSSR count). The van der Waals surface area contributed by atoms with E-state index in [4.69, 9.17) is 16.3 Å². The fourth-order valence-corrected chi connectivity index (χ4v) is 1.69. The van der Waals surface area contributed by atoms with E-state index in [2.05, 4.69) is 5.32 Å². The molecule has 0 radical (unpaired) electrons. The number of hydrogen-bond acceptors (Lipinski definition) is 2. The summed E-state index contributed by atoms with van der Waals surface area (Å²) >= 11 is 5.95. The van der Waals surface area contributed by atoms with Gasteiger partial charge in [-0.05, 0) is 24.6 Å². The van der Waals surface area contributed by atoms with Crippen molar-refractivity contribution in [3.05, 3.63) is 34.9 Å². The maximum absolute atomic E-state index is 11.3. The first-order valence-corrected chi connectivity index (χ1v) is 5.97. The molecule has 0 unspecified atom stereocenters. The van der Waals surface area contributed by atoms with Crippen LogP contribution < -0.4 is 5.32 Å². The highest BCUT2D eigenvalue weighted by molar-refractivity contribution is 6.30. The Bertz CT molecular complexity index is 395. The van der Waals surface area contributed by atoms with Gasteiger partial charge in [-0.2, -0.15) is 0 Å². The van der Waals surface area contributed by atoms with Crippen LogP contribution in [0.15, 0.2) is 24.3 Å². The van der Waals surface area contributed by atoms with Gasteiger partial charge in [0.25, 0.3) is 0 Å². The lowest BCUT2D eigenvalue weighted by Gasteiger charge is -2.29. The molecule has 1 aromatic carbocycles. The molecule has 0 aromatic heterocycles. The van der Waals surface area contributed by atoms with Crippen LogP contribution in [0.25, 0.3) is 0 Å². The number of methoxy groups -OCH3 is 1. The van der Waals surface area contributed by atoms with Gasteiger partial charge in [-0.25, -0.2) is 0 Å². The summed E-state index contributed by atoms with van der Waals surface area (Å²) in [5, 5.41) is 3.49. The Morgan fingerprint density at radius 3 is 2.76 bits per heavy atom. The quantitative estimate of drug-likeness (QED) is 0.879. The second kappa shape index (κ2) is 6.03. The zero-order chi connectivity index (χ0) is 12.9. The van der Waals surface area contributed by atoms with Crippen molar-refractivity contribution >= 4 is 17.5 Å². The molecule has 1 amide bonds. The topological polar surface area (TPSA) is 38.3 Å². The molecule has 4 heteroatoms. The minimum Gasteiger partial charge on any atom is -0.372 e. The lowest BCUT2D eigenvalue weighted by Crippen LogP contribution is -2.39. The Balaban J connectivity index is 2.84. The van der Waals surface area contributed by atoms with Crippen molar-refractivity contribution in [1.29, 1.82) is 0 Å². The summed E-state index contributed by atoms with van der Waals surface area (Å²) in [6, 6.07) is 7.47. The second-order valence-corrected chi connectivity index (χ2v) is 4.51. The predicted molar refractivity (Wildman–Crippen MR) is 69.1 cm³/mol. The lowest BCUT2D eigenvalue weighted by atomic mass is 9.95. The van der Waals surface area contributed by atoms with Crippen molar-refractivity contribution in [1.82, 2.24) is 5.32 Å². The molecular formula is C13H18ClNO2. The first-order valence-electron chi connectivity index (χ1n) is 5.59. The Kier molecular flexibility index (Phi) is 4.97. The maximum atomic E-state index is 11.3. The molecule has 94 valence electrons. The van der Waals surface area contributed by atoms with Crippen LogP contribution >= 0.6 is 11.6 Å². The van der Waals surface area contributed by atoms with Gasteiger partial charge in [0, 0.05) is 18.6 Å². The van der Waals surface area contributed by atoms with Gasteiger partial charge < -0.3 is 10.1 Å². The van der Waals surface area contributed by atoms with Gasteiger partial charge in [-0.1, -0.05) is 30.7 Å².